The van der Waals surface area contributed by atoms with Crippen LogP contribution in [-0.2, 0) is 9.53 Å². The fourth-order valence-electron chi connectivity index (χ4n) is 2.16. The number of carbonyl (C=O) groups excluding carboxylic acids is 1. The third-order valence-electron chi connectivity index (χ3n) is 3.64. The Morgan fingerprint density at radius 2 is 2.20 bits per heavy atom. The van der Waals surface area contributed by atoms with Crippen molar-refractivity contribution >= 4 is 11.6 Å². The highest BCUT2D eigenvalue weighted by Crippen LogP contribution is 2.28. The maximum atomic E-state index is 11.8. The van der Waals surface area contributed by atoms with Gasteiger partial charge in [0, 0.05) is 31.5 Å². The summed E-state index contributed by atoms with van der Waals surface area (Å²) >= 11 is 0. The SMILES string of the molecule is CC1(CNC(=O)COc2cccc(N)c2)CCOCC1. The van der Waals surface area contributed by atoms with E-state index < -0.39 is 0 Å². The van der Waals surface area contributed by atoms with Gasteiger partial charge in [-0.2, -0.15) is 0 Å². The number of anilines is 1. The number of hydrogen-bond donors (Lipinski definition) is 2. The van der Waals surface area contributed by atoms with Crippen molar-refractivity contribution in [3.05, 3.63) is 24.3 Å². The monoisotopic (exact) mass is 278 g/mol. The summed E-state index contributed by atoms with van der Waals surface area (Å²) in [5, 5.41) is 2.93. The highest BCUT2D eigenvalue weighted by atomic mass is 16.5. The maximum Gasteiger partial charge on any atom is 0.257 e. The summed E-state index contributed by atoms with van der Waals surface area (Å²) in [5.74, 6) is 0.498. The number of ether oxygens (including phenoxy) is 2. The molecule has 110 valence electrons. The summed E-state index contributed by atoms with van der Waals surface area (Å²) in [4.78, 5) is 11.8. The summed E-state index contributed by atoms with van der Waals surface area (Å²) in [6, 6.07) is 7.06. The van der Waals surface area contributed by atoms with Gasteiger partial charge in [0.2, 0.25) is 0 Å². The predicted octanol–water partition coefficient (Wildman–Crippen LogP) is 1.58. The Bertz CT molecular complexity index is 456. The minimum atomic E-state index is -0.111. The van der Waals surface area contributed by atoms with Gasteiger partial charge in [-0.1, -0.05) is 13.0 Å². The summed E-state index contributed by atoms with van der Waals surface area (Å²) in [6.07, 6.45) is 1.95. The molecule has 2 rings (SSSR count). The standard InChI is InChI=1S/C15H22N2O3/c1-15(5-7-19-8-6-15)11-17-14(18)10-20-13-4-2-3-12(16)9-13/h2-4,9H,5-8,10-11,16H2,1H3,(H,17,18). The highest BCUT2D eigenvalue weighted by molar-refractivity contribution is 5.77. The second kappa shape index (κ2) is 6.61. The van der Waals surface area contributed by atoms with Gasteiger partial charge in [0.1, 0.15) is 5.75 Å². The van der Waals surface area contributed by atoms with Crippen LogP contribution in [0.4, 0.5) is 5.69 Å². The minimum Gasteiger partial charge on any atom is -0.484 e. The van der Waals surface area contributed by atoms with E-state index in [0.29, 0.717) is 18.0 Å². The minimum absolute atomic E-state index is 0.00995. The third kappa shape index (κ3) is 4.42. The lowest BCUT2D eigenvalue weighted by atomic mass is 9.82. The van der Waals surface area contributed by atoms with Gasteiger partial charge in [-0.15, -0.1) is 0 Å². The molecule has 1 aliphatic rings. The second-order valence-electron chi connectivity index (χ2n) is 5.56. The van der Waals surface area contributed by atoms with Crippen molar-refractivity contribution in [2.45, 2.75) is 19.8 Å². The molecule has 0 aliphatic carbocycles. The molecule has 5 heteroatoms. The summed E-state index contributed by atoms with van der Waals surface area (Å²) in [5.41, 5.74) is 6.40. The number of nitrogens with two attached hydrogens (primary N) is 1. The van der Waals surface area contributed by atoms with Crippen LogP contribution < -0.4 is 15.8 Å². The van der Waals surface area contributed by atoms with E-state index in [4.69, 9.17) is 15.2 Å². The fraction of sp³-hybridized carbons (Fsp3) is 0.533. The number of carbonyl (C=O) groups is 1. The first-order chi connectivity index (χ1) is 9.57. The largest absolute Gasteiger partial charge is 0.484 e. The second-order valence-corrected chi connectivity index (χ2v) is 5.56. The molecular weight excluding hydrogens is 256 g/mol. The fourth-order valence-corrected chi connectivity index (χ4v) is 2.16. The van der Waals surface area contributed by atoms with Crippen LogP contribution in [0.2, 0.25) is 0 Å². The Morgan fingerprint density at radius 1 is 1.45 bits per heavy atom. The Balaban J connectivity index is 1.72. The molecular formula is C15H22N2O3. The molecule has 0 aromatic heterocycles. The highest BCUT2D eigenvalue weighted by Gasteiger charge is 2.27. The zero-order valence-electron chi connectivity index (χ0n) is 11.9. The molecule has 3 N–H and O–H groups in total. The van der Waals surface area contributed by atoms with Gasteiger partial charge in [0.05, 0.1) is 0 Å². The number of nitrogen functional groups attached to an aromatic ring is 1. The zero-order chi connectivity index (χ0) is 14.4. The first-order valence-corrected chi connectivity index (χ1v) is 6.90. The molecule has 20 heavy (non-hydrogen) atoms. The van der Waals surface area contributed by atoms with Crippen LogP contribution in [0.1, 0.15) is 19.8 Å². The number of benzene rings is 1. The normalized spacial score (nSPS) is 17.4. The number of nitrogens with one attached hydrogen (secondary N) is 1. The Kier molecular flexibility index (Phi) is 4.84. The van der Waals surface area contributed by atoms with Gasteiger partial charge in [-0.3, -0.25) is 4.79 Å². The molecule has 1 aliphatic heterocycles. The van der Waals surface area contributed by atoms with Crippen molar-refractivity contribution < 1.29 is 14.3 Å². The van der Waals surface area contributed by atoms with E-state index in [0.717, 1.165) is 26.1 Å². The molecule has 0 radical (unpaired) electrons. The molecule has 0 bridgehead atoms. The molecule has 0 spiro atoms. The zero-order valence-corrected chi connectivity index (χ0v) is 11.9. The number of hydrogen-bond acceptors (Lipinski definition) is 4. The van der Waals surface area contributed by atoms with E-state index in [-0.39, 0.29) is 17.9 Å². The average molecular weight is 278 g/mol. The van der Waals surface area contributed by atoms with Crippen LogP contribution in [0.5, 0.6) is 5.75 Å². The third-order valence-corrected chi connectivity index (χ3v) is 3.64. The van der Waals surface area contributed by atoms with Crippen LogP contribution in [0.3, 0.4) is 0 Å². The van der Waals surface area contributed by atoms with Crippen molar-refractivity contribution in [3.63, 3.8) is 0 Å². The van der Waals surface area contributed by atoms with Crippen LogP contribution in [0.25, 0.3) is 0 Å². The van der Waals surface area contributed by atoms with E-state index in [1.54, 1.807) is 24.3 Å². The van der Waals surface area contributed by atoms with Gasteiger partial charge in [0.25, 0.3) is 5.91 Å². The lowest BCUT2D eigenvalue weighted by Crippen LogP contribution is -2.41. The molecule has 1 amide bonds. The molecule has 1 aromatic carbocycles. The quantitative estimate of drug-likeness (QED) is 0.802. The molecule has 1 heterocycles. The topological polar surface area (TPSA) is 73.6 Å². The van der Waals surface area contributed by atoms with Gasteiger partial charge in [-0.05, 0) is 30.4 Å². The van der Waals surface area contributed by atoms with E-state index in [1.807, 2.05) is 0 Å². The van der Waals surface area contributed by atoms with Crippen molar-refractivity contribution in [1.29, 1.82) is 0 Å². The van der Waals surface area contributed by atoms with Crippen LogP contribution in [0, 0.1) is 5.41 Å². The van der Waals surface area contributed by atoms with Crippen molar-refractivity contribution in [3.8, 4) is 5.75 Å². The van der Waals surface area contributed by atoms with Crippen molar-refractivity contribution in [2.75, 3.05) is 32.1 Å². The molecule has 5 nitrogen and oxygen atoms in total. The first kappa shape index (κ1) is 14.7. The van der Waals surface area contributed by atoms with Gasteiger partial charge < -0.3 is 20.5 Å². The maximum absolute atomic E-state index is 11.8. The Labute approximate surface area is 119 Å². The molecule has 0 unspecified atom stereocenters. The Hall–Kier alpha value is -1.75. The van der Waals surface area contributed by atoms with Crippen molar-refractivity contribution in [2.24, 2.45) is 5.41 Å². The smallest absolute Gasteiger partial charge is 0.257 e. The summed E-state index contributed by atoms with van der Waals surface area (Å²) in [6.45, 7) is 4.39. The molecule has 1 saturated heterocycles. The predicted molar refractivity (Wildman–Crippen MR) is 77.5 cm³/mol. The van der Waals surface area contributed by atoms with Crippen LogP contribution in [-0.4, -0.2) is 32.3 Å². The number of rotatable bonds is 5. The van der Waals surface area contributed by atoms with Gasteiger partial charge in [-0.25, -0.2) is 0 Å². The van der Waals surface area contributed by atoms with Gasteiger partial charge in [0.15, 0.2) is 6.61 Å². The van der Waals surface area contributed by atoms with Crippen LogP contribution >= 0.6 is 0 Å². The summed E-state index contributed by atoms with van der Waals surface area (Å²) < 4.78 is 10.7. The van der Waals surface area contributed by atoms with Crippen molar-refractivity contribution in [1.82, 2.24) is 5.32 Å². The van der Waals surface area contributed by atoms with E-state index >= 15 is 0 Å². The number of amides is 1. The van der Waals surface area contributed by atoms with Crippen LogP contribution in [0.15, 0.2) is 24.3 Å². The first-order valence-electron chi connectivity index (χ1n) is 6.90. The molecule has 0 saturated carbocycles. The Morgan fingerprint density at radius 3 is 2.90 bits per heavy atom. The summed E-state index contributed by atoms with van der Waals surface area (Å²) in [7, 11) is 0. The van der Waals surface area contributed by atoms with E-state index in [1.165, 1.54) is 0 Å². The van der Waals surface area contributed by atoms with E-state index in [9.17, 15) is 4.79 Å². The molecule has 0 atom stereocenters. The lowest BCUT2D eigenvalue weighted by Gasteiger charge is -2.33. The molecule has 1 fully saturated rings. The van der Waals surface area contributed by atoms with Gasteiger partial charge >= 0.3 is 0 Å². The molecule has 1 aromatic rings. The average Bonchev–Trinajstić information content (AvgIpc) is 2.44. The lowest BCUT2D eigenvalue weighted by molar-refractivity contribution is -0.124. The van der Waals surface area contributed by atoms with E-state index in [2.05, 4.69) is 12.2 Å².